The Morgan fingerprint density at radius 3 is 2.42 bits per heavy atom. The quantitative estimate of drug-likeness (QED) is 0.169. The van der Waals surface area contributed by atoms with E-state index in [1.807, 2.05) is 23.1 Å². The molecular formula is C33H29IN2S2. The summed E-state index contributed by atoms with van der Waals surface area (Å²) >= 11 is 3.96. The van der Waals surface area contributed by atoms with Crippen LogP contribution >= 0.6 is 23.1 Å². The van der Waals surface area contributed by atoms with Gasteiger partial charge in [-0.15, -0.1) is 0 Å². The van der Waals surface area contributed by atoms with E-state index in [-0.39, 0.29) is 24.0 Å². The van der Waals surface area contributed by atoms with Crippen LogP contribution in [0.3, 0.4) is 0 Å². The summed E-state index contributed by atoms with van der Waals surface area (Å²) in [6.45, 7) is 7.06. The van der Waals surface area contributed by atoms with E-state index in [1.54, 1.807) is 0 Å². The number of fused-ring (bicyclic) bond motifs is 10. The lowest BCUT2D eigenvalue weighted by Gasteiger charge is -2.32. The number of aromatic nitrogens is 1. The Hall–Kier alpha value is -2.35. The van der Waals surface area contributed by atoms with Crippen LogP contribution in [0.2, 0.25) is 0 Å². The van der Waals surface area contributed by atoms with Crippen LogP contribution in [0.4, 0.5) is 5.69 Å². The van der Waals surface area contributed by atoms with E-state index in [4.69, 9.17) is 0 Å². The molecule has 2 nitrogen and oxygen atoms in total. The van der Waals surface area contributed by atoms with Crippen molar-refractivity contribution in [3.63, 3.8) is 0 Å². The molecule has 5 aromatic rings. The monoisotopic (exact) mass is 644 g/mol. The van der Waals surface area contributed by atoms with Crippen molar-refractivity contribution in [1.29, 1.82) is 0 Å². The van der Waals surface area contributed by atoms with Gasteiger partial charge >= 0.3 is 0 Å². The third kappa shape index (κ3) is 3.61. The highest BCUT2D eigenvalue weighted by atomic mass is 127. The van der Waals surface area contributed by atoms with Crippen molar-refractivity contribution in [2.75, 3.05) is 11.4 Å². The van der Waals surface area contributed by atoms with Gasteiger partial charge in [0.05, 0.1) is 16.1 Å². The van der Waals surface area contributed by atoms with E-state index in [9.17, 15) is 0 Å². The van der Waals surface area contributed by atoms with Gasteiger partial charge in [0.25, 0.3) is 5.01 Å². The summed E-state index contributed by atoms with van der Waals surface area (Å²) < 4.78 is 4.02. The van der Waals surface area contributed by atoms with Crippen molar-refractivity contribution >= 4 is 66.1 Å². The van der Waals surface area contributed by atoms with Crippen molar-refractivity contribution in [2.24, 2.45) is 11.8 Å². The molecule has 2 unspecified atom stereocenters. The fraction of sp³-hybridized carbons (Fsp3) is 0.242. The second-order valence-corrected chi connectivity index (χ2v) is 12.9. The number of thioether (sulfide) groups is 1. The van der Waals surface area contributed by atoms with E-state index in [1.165, 1.54) is 76.4 Å². The van der Waals surface area contributed by atoms with Crippen LogP contribution < -0.4 is 33.4 Å². The molecule has 8 rings (SSSR count). The molecule has 190 valence electrons. The van der Waals surface area contributed by atoms with Crippen LogP contribution in [-0.2, 0) is 6.54 Å². The van der Waals surface area contributed by atoms with Crippen LogP contribution in [0, 0.1) is 11.8 Å². The van der Waals surface area contributed by atoms with Gasteiger partial charge in [0.1, 0.15) is 4.70 Å². The highest BCUT2D eigenvalue weighted by molar-refractivity contribution is 8.03. The predicted octanol–water partition coefficient (Wildman–Crippen LogP) is 5.79. The van der Waals surface area contributed by atoms with Crippen LogP contribution in [0.15, 0.2) is 94.4 Å². The first-order valence-electron chi connectivity index (χ1n) is 13.4. The Kier molecular flexibility index (Phi) is 6.10. The van der Waals surface area contributed by atoms with Crippen LogP contribution in [-0.4, -0.2) is 6.54 Å². The first-order chi connectivity index (χ1) is 18.2. The molecular weight excluding hydrogens is 615 g/mol. The van der Waals surface area contributed by atoms with Crippen molar-refractivity contribution in [3.8, 4) is 0 Å². The van der Waals surface area contributed by atoms with Gasteiger partial charge in [0.2, 0.25) is 5.52 Å². The number of rotatable bonds is 1. The Bertz CT molecular complexity index is 1810. The molecule has 0 amide bonds. The normalized spacial score (nSPS) is 21.6. The summed E-state index contributed by atoms with van der Waals surface area (Å²) in [5.74, 6) is 1.12. The van der Waals surface area contributed by atoms with Crippen molar-refractivity contribution in [2.45, 2.75) is 38.1 Å². The van der Waals surface area contributed by atoms with Gasteiger partial charge in [-0.3, -0.25) is 0 Å². The molecule has 4 heterocycles. The first kappa shape index (κ1) is 24.7. The molecule has 3 aliphatic heterocycles. The Morgan fingerprint density at radius 2 is 1.58 bits per heavy atom. The third-order valence-electron chi connectivity index (χ3n) is 8.61. The van der Waals surface area contributed by atoms with E-state index < -0.39 is 0 Å². The average molecular weight is 645 g/mol. The molecule has 4 aromatic carbocycles. The molecule has 5 heteroatoms. The molecule has 38 heavy (non-hydrogen) atoms. The van der Waals surface area contributed by atoms with Crippen molar-refractivity contribution < 1.29 is 28.5 Å². The number of benzene rings is 4. The molecule has 0 radical (unpaired) electrons. The Labute approximate surface area is 249 Å². The van der Waals surface area contributed by atoms with Gasteiger partial charge in [-0.05, 0) is 58.9 Å². The second kappa shape index (κ2) is 9.39. The molecule has 0 bridgehead atoms. The second-order valence-electron chi connectivity index (χ2n) is 10.8. The number of allylic oxidation sites excluding steroid dienone is 3. The number of anilines is 1. The highest BCUT2D eigenvalue weighted by Gasteiger charge is 2.37. The van der Waals surface area contributed by atoms with E-state index in [2.05, 4.69) is 102 Å². The molecule has 1 aromatic heterocycles. The van der Waals surface area contributed by atoms with Crippen LogP contribution in [0.25, 0.3) is 37.3 Å². The summed E-state index contributed by atoms with van der Waals surface area (Å²) in [4.78, 5) is 4.02. The zero-order valence-corrected chi connectivity index (χ0v) is 25.4. The number of hydrogen-bond donors (Lipinski definition) is 0. The standard InChI is InChI=1S/C33H29N2S2.HI/c1-20-15-17-34-30-24-9-5-3-7-22(24)11-13-28(30)36-32(34)26(20)19-27-21(2)16-18-35-31-25-10-6-4-8-23(25)12-14-29(31)37-33(27)35;/h3-14,19-21H,15-18H2,1-2H3;1H/q+1;/p-1. The molecule has 0 spiro atoms. The van der Waals surface area contributed by atoms with Gasteiger partial charge in [-0.1, -0.05) is 91.5 Å². The molecule has 2 atom stereocenters. The molecule has 0 saturated heterocycles. The van der Waals surface area contributed by atoms with Crippen LogP contribution in [0.5, 0.6) is 0 Å². The molecule has 3 aliphatic rings. The number of thiazole rings is 1. The Morgan fingerprint density at radius 1 is 0.842 bits per heavy atom. The molecule has 0 saturated carbocycles. The number of hydrogen-bond acceptors (Lipinski definition) is 3. The predicted molar refractivity (Wildman–Crippen MR) is 159 cm³/mol. The van der Waals surface area contributed by atoms with Gasteiger partial charge < -0.3 is 28.9 Å². The first-order valence-corrected chi connectivity index (χ1v) is 15.1. The van der Waals surface area contributed by atoms with Gasteiger partial charge in [0, 0.05) is 28.8 Å². The summed E-state index contributed by atoms with van der Waals surface area (Å²) in [5, 5.41) is 8.33. The minimum atomic E-state index is 0. The number of aryl methyl sites for hydroxylation is 1. The maximum atomic E-state index is 2.62. The SMILES string of the molecule is CC1CC[n+]2c(sc3ccc4ccccc4c32)C1=CC1=C2Sc3ccc4ccccc4c3N2CCC1C.[I-]. The third-order valence-corrected chi connectivity index (χ3v) is 11.0. The maximum absolute atomic E-state index is 2.62. The van der Waals surface area contributed by atoms with Gasteiger partial charge in [-0.25, -0.2) is 0 Å². The highest BCUT2D eigenvalue weighted by Crippen LogP contribution is 2.54. The largest absolute Gasteiger partial charge is 1.00 e. The Balaban J connectivity index is 0.00000242. The zero-order chi connectivity index (χ0) is 24.7. The average Bonchev–Trinajstić information content (AvgIpc) is 3.50. The lowest BCUT2D eigenvalue weighted by atomic mass is 9.88. The summed E-state index contributed by atoms with van der Waals surface area (Å²) in [7, 11) is 0. The van der Waals surface area contributed by atoms with Crippen LogP contribution in [0.1, 0.15) is 31.7 Å². The molecule has 0 fully saturated rings. The lowest BCUT2D eigenvalue weighted by Crippen LogP contribution is -3.00. The fourth-order valence-electron chi connectivity index (χ4n) is 6.52. The van der Waals surface area contributed by atoms with E-state index in [0.717, 1.165) is 13.1 Å². The van der Waals surface area contributed by atoms with Crippen molar-refractivity contribution in [3.05, 3.63) is 94.5 Å². The van der Waals surface area contributed by atoms with Gasteiger partial charge in [-0.2, -0.15) is 4.57 Å². The minimum absolute atomic E-state index is 0. The number of nitrogens with zero attached hydrogens (tertiary/aromatic N) is 2. The van der Waals surface area contributed by atoms with E-state index >= 15 is 0 Å². The maximum Gasteiger partial charge on any atom is 0.266 e. The summed E-state index contributed by atoms with van der Waals surface area (Å²) in [6.07, 6.45) is 4.98. The topological polar surface area (TPSA) is 7.12 Å². The molecule has 0 N–H and O–H groups in total. The zero-order valence-electron chi connectivity index (χ0n) is 21.6. The van der Waals surface area contributed by atoms with E-state index in [0.29, 0.717) is 11.8 Å². The summed E-state index contributed by atoms with van der Waals surface area (Å²) in [6, 6.07) is 27.0. The summed E-state index contributed by atoms with van der Waals surface area (Å²) in [5.41, 5.74) is 5.88. The lowest BCUT2D eigenvalue weighted by molar-refractivity contribution is -0.673. The van der Waals surface area contributed by atoms with Crippen molar-refractivity contribution in [1.82, 2.24) is 0 Å². The number of halogens is 1. The fourth-order valence-corrected chi connectivity index (χ4v) is 9.19. The van der Waals surface area contributed by atoms with Gasteiger partial charge in [0.15, 0.2) is 6.54 Å². The smallest absolute Gasteiger partial charge is 0.266 e. The molecule has 0 aliphatic carbocycles. The minimum Gasteiger partial charge on any atom is -1.00 e.